The zero-order valence-corrected chi connectivity index (χ0v) is 24.6. The van der Waals surface area contributed by atoms with Gasteiger partial charge in [0.25, 0.3) is 0 Å². The van der Waals surface area contributed by atoms with Gasteiger partial charge in [0, 0.05) is 34.3 Å². The summed E-state index contributed by atoms with van der Waals surface area (Å²) < 4.78 is 7.90. The molecule has 2 aliphatic rings. The number of ether oxygens (including phenoxy) is 1. The molecular formula is C30H39N3O3S2. The minimum absolute atomic E-state index is 0.286. The van der Waals surface area contributed by atoms with E-state index in [1.807, 2.05) is 44.2 Å². The number of rotatable bonds is 7. The van der Waals surface area contributed by atoms with Crippen LogP contribution in [0.2, 0.25) is 0 Å². The molecule has 3 aromatic heterocycles. The Kier molecular flexibility index (Phi) is 8.00. The van der Waals surface area contributed by atoms with Gasteiger partial charge >= 0.3 is 12.0 Å². The van der Waals surface area contributed by atoms with Crippen molar-refractivity contribution in [3.8, 4) is 5.00 Å². The average Bonchev–Trinajstić information content (AvgIpc) is 3.58. The lowest BCUT2D eigenvalue weighted by Crippen LogP contribution is -2.30. The molecule has 0 radical (unpaired) electrons. The molecule has 0 saturated heterocycles. The summed E-state index contributed by atoms with van der Waals surface area (Å²) >= 11 is 3.39. The van der Waals surface area contributed by atoms with Crippen LogP contribution in [0.25, 0.3) is 5.00 Å². The Labute approximate surface area is 233 Å². The second kappa shape index (κ2) is 11.3. The molecule has 38 heavy (non-hydrogen) atoms. The molecule has 0 fully saturated rings. The lowest BCUT2D eigenvalue weighted by Gasteiger charge is -2.22. The molecule has 2 amide bonds. The molecule has 0 aliphatic heterocycles. The van der Waals surface area contributed by atoms with Crippen LogP contribution in [0.5, 0.6) is 0 Å². The Hall–Kier alpha value is -2.58. The number of fused-ring (bicyclic) bond motifs is 2. The van der Waals surface area contributed by atoms with Gasteiger partial charge in [-0.2, -0.15) is 0 Å². The van der Waals surface area contributed by atoms with Crippen LogP contribution in [0.3, 0.4) is 0 Å². The largest absolute Gasteiger partial charge is 0.456 e. The van der Waals surface area contributed by atoms with E-state index in [-0.39, 0.29) is 12.0 Å². The number of carbonyl (C=O) groups is 2. The molecule has 0 spiro atoms. The number of anilines is 1. The molecule has 2 N–H and O–H groups in total. The van der Waals surface area contributed by atoms with E-state index in [0.29, 0.717) is 17.1 Å². The normalized spacial score (nSPS) is 17.0. The van der Waals surface area contributed by atoms with Crippen molar-refractivity contribution in [2.75, 3.05) is 5.32 Å². The quantitative estimate of drug-likeness (QED) is 0.295. The van der Waals surface area contributed by atoms with Crippen molar-refractivity contribution >= 4 is 39.7 Å². The maximum Gasteiger partial charge on any atom is 0.341 e. The van der Waals surface area contributed by atoms with Crippen molar-refractivity contribution in [1.29, 1.82) is 0 Å². The van der Waals surface area contributed by atoms with Gasteiger partial charge in [-0.1, -0.05) is 19.8 Å². The topological polar surface area (TPSA) is 72.4 Å². The highest BCUT2D eigenvalue weighted by atomic mass is 32.1. The number of aromatic nitrogens is 1. The highest BCUT2D eigenvalue weighted by Crippen LogP contribution is 2.41. The SMILES string of the molecule is CCCC1CCc2c(sc(-n3cccc3)c2CNC(=O)Nc2sc3c(c2C(=O)OC(C)(C)C)CCCC3)C1. The number of nitrogens with one attached hydrogen (secondary N) is 2. The van der Waals surface area contributed by atoms with Crippen LogP contribution in [-0.4, -0.2) is 22.2 Å². The fourth-order valence-electron chi connectivity index (χ4n) is 5.74. The smallest absolute Gasteiger partial charge is 0.341 e. The summed E-state index contributed by atoms with van der Waals surface area (Å²) in [7, 11) is 0. The third kappa shape index (κ3) is 5.86. The van der Waals surface area contributed by atoms with Crippen LogP contribution in [0.1, 0.15) is 96.6 Å². The lowest BCUT2D eigenvalue weighted by molar-refractivity contribution is 0.00699. The minimum atomic E-state index is -0.594. The number of aryl methyl sites for hydroxylation is 1. The average molecular weight is 554 g/mol. The minimum Gasteiger partial charge on any atom is -0.456 e. The van der Waals surface area contributed by atoms with E-state index in [4.69, 9.17) is 4.74 Å². The van der Waals surface area contributed by atoms with Crippen molar-refractivity contribution in [2.24, 2.45) is 5.92 Å². The summed E-state index contributed by atoms with van der Waals surface area (Å²) in [5.41, 5.74) is 3.62. The maximum atomic E-state index is 13.2. The van der Waals surface area contributed by atoms with E-state index in [1.165, 1.54) is 56.5 Å². The zero-order valence-electron chi connectivity index (χ0n) is 22.9. The number of urea groups is 1. The highest BCUT2D eigenvalue weighted by molar-refractivity contribution is 7.17. The Morgan fingerprint density at radius 3 is 2.55 bits per heavy atom. The predicted octanol–water partition coefficient (Wildman–Crippen LogP) is 7.66. The third-order valence-corrected chi connectivity index (χ3v) is 9.94. The van der Waals surface area contributed by atoms with Crippen LogP contribution >= 0.6 is 22.7 Å². The number of hydrogen-bond donors (Lipinski definition) is 2. The first-order valence-electron chi connectivity index (χ1n) is 13.9. The number of esters is 1. The molecule has 1 unspecified atom stereocenters. The van der Waals surface area contributed by atoms with Gasteiger partial charge in [0.2, 0.25) is 0 Å². The monoisotopic (exact) mass is 553 g/mol. The maximum absolute atomic E-state index is 13.2. The van der Waals surface area contributed by atoms with Crippen LogP contribution < -0.4 is 10.6 Å². The predicted molar refractivity (Wildman–Crippen MR) is 156 cm³/mol. The fraction of sp³-hybridized carbons (Fsp3) is 0.533. The number of hydrogen-bond acceptors (Lipinski definition) is 5. The molecule has 204 valence electrons. The summed E-state index contributed by atoms with van der Waals surface area (Å²) in [6.07, 6.45) is 14.0. The van der Waals surface area contributed by atoms with Crippen LogP contribution in [-0.2, 0) is 37.0 Å². The van der Waals surface area contributed by atoms with Crippen molar-refractivity contribution in [2.45, 2.75) is 97.6 Å². The molecule has 0 saturated carbocycles. The zero-order chi connectivity index (χ0) is 26.9. The van der Waals surface area contributed by atoms with E-state index in [2.05, 4.69) is 34.5 Å². The van der Waals surface area contributed by atoms with E-state index in [0.717, 1.165) is 50.0 Å². The van der Waals surface area contributed by atoms with Gasteiger partial charge in [0.05, 0.1) is 5.56 Å². The lowest BCUT2D eigenvalue weighted by atomic mass is 9.84. The van der Waals surface area contributed by atoms with E-state index in [9.17, 15) is 9.59 Å². The van der Waals surface area contributed by atoms with Gasteiger partial charge in [-0.15, -0.1) is 22.7 Å². The van der Waals surface area contributed by atoms with Crippen LogP contribution in [0, 0.1) is 5.92 Å². The van der Waals surface area contributed by atoms with Crippen LogP contribution in [0.4, 0.5) is 9.80 Å². The van der Waals surface area contributed by atoms with Gasteiger partial charge in [-0.05, 0) is 94.9 Å². The van der Waals surface area contributed by atoms with Gasteiger partial charge < -0.3 is 14.6 Å². The molecule has 1 atom stereocenters. The Bertz CT molecular complexity index is 1300. The Balaban J connectivity index is 1.35. The van der Waals surface area contributed by atoms with Crippen molar-refractivity contribution < 1.29 is 14.3 Å². The van der Waals surface area contributed by atoms with Gasteiger partial charge in [-0.25, -0.2) is 9.59 Å². The van der Waals surface area contributed by atoms with Crippen LogP contribution in [0.15, 0.2) is 24.5 Å². The van der Waals surface area contributed by atoms with Gasteiger partial charge in [-0.3, -0.25) is 5.32 Å². The Morgan fingerprint density at radius 2 is 1.82 bits per heavy atom. The highest BCUT2D eigenvalue weighted by Gasteiger charge is 2.30. The molecule has 6 nitrogen and oxygen atoms in total. The number of thiophene rings is 2. The van der Waals surface area contributed by atoms with Crippen molar-refractivity contribution in [1.82, 2.24) is 9.88 Å². The summed E-state index contributed by atoms with van der Waals surface area (Å²) in [6.45, 7) is 8.34. The number of amides is 2. The molecular weight excluding hydrogens is 514 g/mol. The molecule has 8 heteroatoms. The van der Waals surface area contributed by atoms with Crippen molar-refractivity contribution in [3.63, 3.8) is 0 Å². The van der Waals surface area contributed by atoms with E-state index in [1.54, 1.807) is 0 Å². The standard InChI is InChI=1S/C30H39N3O3S2/c1-5-10-19-13-14-20-22(27(38-24(20)17-19)33-15-8-9-16-33)18-31-29(35)32-26-25(28(34)36-30(2,3)4)21-11-6-7-12-23(21)37-26/h8-9,15-16,19H,5-7,10-14,17-18H2,1-4H3,(H2,31,32,35). The number of carbonyl (C=O) groups excluding carboxylic acids is 2. The van der Waals surface area contributed by atoms with E-state index >= 15 is 0 Å². The number of nitrogens with zero attached hydrogens (tertiary/aromatic N) is 1. The molecule has 0 bridgehead atoms. The Morgan fingerprint density at radius 1 is 1.05 bits per heavy atom. The molecule has 5 rings (SSSR count). The summed E-state index contributed by atoms with van der Waals surface area (Å²) in [4.78, 5) is 29.0. The summed E-state index contributed by atoms with van der Waals surface area (Å²) in [5, 5.41) is 7.93. The third-order valence-electron chi connectivity index (χ3n) is 7.42. The summed E-state index contributed by atoms with van der Waals surface area (Å²) in [6, 6.07) is 3.80. The second-order valence-electron chi connectivity index (χ2n) is 11.5. The first kappa shape index (κ1) is 27.0. The van der Waals surface area contributed by atoms with Crippen molar-refractivity contribution in [3.05, 3.63) is 56.5 Å². The molecule has 2 aliphatic carbocycles. The summed E-state index contributed by atoms with van der Waals surface area (Å²) in [5.74, 6) is 0.402. The first-order chi connectivity index (χ1) is 18.2. The fourth-order valence-corrected chi connectivity index (χ4v) is 8.45. The second-order valence-corrected chi connectivity index (χ2v) is 13.7. The molecule has 0 aromatic carbocycles. The molecule has 3 aromatic rings. The van der Waals surface area contributed by atoms with E-state index < -0.39 is 5.60 Å². The van der Waals surface area contributed by atoms with Gasteiger partial charge in [0.15, 0.2) is 0 Å². The van der Waals surface area contributed by atoms with Gasteiger partial charge in [0.1, 0.15) is 15.6 Å². The first-order valence-corrected chi connectivity index (χ1v) is 15.6. The molecule has 3 heterocycles.